The van der Waals surface area contributed by atoms with Crippen molar-refractivity contribution in [3.63, 3.8) is 0 Å². The maximum Gasteiger partial charge on any atom is 0.240 e. The molecule has 1 aliphatic rings. The summed E-state index contributed by atoms with van der Waals surface area (Å²) in [5.41, 5.74) is 1.14. The average molecular weight is 468 g/mol. The summed E-state index contributed by atoms with van der Waals surface area (Å²) in [6.07, 6.45) is 0. The van der Waals surface area contributed by atoms with Gasteiger partial charge in [0.05, 0.1) is 30.9 Å². The van der Waals surface area contributed by atoms with E-state index in [-0.39, 0.29) is 29.1 Å². The van der Waals surface area contributed by atoms with Gasteiger partial charge in [-0.15, -0.1) is 0 Å². The number of amides is 1. The van der Waals surface area contributed by atoms with Crippen molar-refractivity contribution in [2.24, 2.45) is 0 Å². The lowest BCUT2D eigenvalue weighted by Crippen LogP contribution is -2.43. The fourth-order valence-corrected chi connectivity index (χ4v) is 4.81. The van der Waals surface area contributed by atoms with E-state index in [1.165, 1.54) is 32.2 Å². The van der Waals surface area contributed by atoms with Crippen LogP contribution in [0.4, 0.5) is 5.69 Å². The molecular formula is C21H26ClN3O5S. The molecule has 2 N–H and O–H groups in total. The Kier molecular flexibility index (Phi) is 7.90. The maximum atomic E-state index is 13.0. The van der Waals surface area contributed by atoms with Crippen LogP contribution in [-0.2, 0) is 19.6 Å². The predicted octanol–water partition coefficient (Wildman–Crippen LogP) is 2.66. The summed E-state index contributed by atoms with van der Waals surface area (Å²) in [6, 6.07) is 11.5. The number of sulfonamides is 1. The highest BCUT2D eigenvalue weighted by atomic mass is 35.5. The number of nitrogens with one attached hydrogen (secondary N) is 2. The second-order valence-electron chi connectivity index (χ2n) is 7.08. The molecule has 0 bridgehead atoms. The largest absolute Gasteiger partial charge is 0.495 e. The number of hydrogen-bond acceptors (Lipinski definition) is 6. The Morgan fingerprint density at radius 3 is 2.58 bits per heavy atom. The van der Waals surface area contributed by atoms with Crippen molar-refractivity contribution >= 4 is 33.2 Å². The summed E-state index contributed by atoms with van der Waals surface area (Å²) in [5.74, 6) is 0.0447. The fraction of sp³-hybridized carbons (Fsp3) is 0.381. The number of halogens is 1. The standard InChI is InChI=1S/C21H26ClN3O5S/c1-15(26)24-19-13-16(7-8-21(19)29-2)31(27,28)23-14-20(25-9-11-30-12-10-25)17-5-3-4-6-18(17)22/h3-8,13,20,23H,9-12,14H2,1-2H3,(H,24,26)/t20-/m1/s1. The SMILES string of the molecule is COc1ccc(S(=O)(=O)NC[C@H](c2ccccc2Cl)N2CCOCC2)cc1NC(C)=O. The van der Waals surface area contributed by atoms with Crippen molar-refractivity contribution in [1.82, 2.24) is 9.62 Å². The Balaban J connectivity index is 1.85. The van der Waals surface area contributed by atoms with Gasteiger partial charge in [-0.1, -0.05) is 29.8 Å². The van der Waals surface area contributed by atoms with Gasteiger partial charge in [-0.3, -0.25) is 9.69 Å². The summed E-state index contributed by atoms with van der Waals surface area (Å²) in [6.45, 7) is 3.97. The Hall–Kier alpha value is -2.17. The van der Waals surface area contributed by atoms with Crippen molar-refractivity contribution in [3.8, 4) is 5.75 Å². The molecule has 3 rings (SSSR count). The lowest BCUT2D eigenvalue weighted by atomic mass is 10.0. The Labute approximate surface area is 187 Å². The Morgan fingerprint density at radius 2 is 1.94 bits per heavy atom. The molecule has 0 spiro atoms. The fourth-order valence-electron chi connectivity index (χ4n) is 3.48. The Morgan fingerprint density at radius 1 is 1.23 bits per heavy atom. The first-order chi connectivity index (χ1) is 14.8. The van der Waals surface area contributed by atoms with Gasteiger partial charge in [0.2, 0.25) is 15.9 Å². The first kappa shape index (κ1) is 23.5. The van der Waals surface area contributed by atoms with Crippen LogP contribution >= 0.6 is 11.6 Å². The molecule has 10 heteroatoms. The van der Waals surface area contributed by atoms with Gasteiger partial charge >= 0.3 is 0 Å². The van der Waals surface area contributed by atoms with Gasteiger partial charge in [-0.25, -0.2) is 13.1 Å². The molecule has 0 aromatic heterocycles. The molecule has 8 nitrogen and oxygen atoms in total. The molecule has 168 valence electrons. The summed E-state index contributed by atoms with van der Waals surface area (Å²) in [4.78, 5) is 13.6. The van der Waals surface area contributed by atoms with Gasteiger partial charge in [0.25, 0.3) is 0 Å². The molecule has 0 saturated carbocycles. The highest BCUT2D eigenvalue weighted by Crippen LogP contribution is 2.30. The van der Waals surface area contributed by atoms with Gasteiger partial charge in [0, 0.05) is 37.6 Å². The lowest BCUT2D eigenvalue weighted by Gasteiger charge is -2.35. The third-order valence-electron chi connectivity index (χ3n) is 5.01. The number of nitrogens with zero attached hydrogens (tertiary/aromatic N) is 1. The molecular weight excluding hydrogens is 442 g/mol. The molecule has 0 unspecified atom stereocenters. The third kappa shape index (κ3) is 5.96. The monoisotopic (exact) mass is 467 g/mol. The highest BCUT2D eigenvalue weighted by molar-refractivity contribution is 7.89. The first-order valence-corrected chi connectivity index (χ1v) is 11.7. The molecule has 1 aliphatic heterocycles. The summed E-state index contributed by atoms with van der Waals surface area (Å²) in [7, 11) is -2.41. The second kappa shape index (κ2) is 10.4. The molecule has 1 heterocycles. The van der Waals surface area contributed by atoms with Crippen LogP contribution in [0.5, 0.6) is 5.75 Å². The van der Waals surface area contributed by atoms with E-state index in [4.69, 9.17) is 21.1 Å². The van der Waals surface area contributed by atoms with Crippen LogP contribution in [0.1, 0.15) is 18.5 Å². The maximum absolute atomic E-state index is 13.0. The van der Waals surface area contributed by atoms with E-state index in [0.717, 1.165) is 5.56 Å². The van der Waals surface area contributed by atoms with Crippen LogP contribution in [-0.4, -0.2) is 59.2 Å². The van der Waals surface area contributed by atoms with Crippen LogP contribution in [0.3, 0.4) is 0 Å². The number of morpholine rings is 1. The molecule has 0 radical (unpaired) electrons. The minimum absolute atomic E-state index is 0.0249. The second-order valence-corrected chi connectivity index (χ2v) is 9.25. The number of carbonyl (C=O) groups excluding carboxylic acids is 1. The molecule has 31 heavy (non-hydrogen) atoms. The number of benzene rings is 2. The molecule has 1 fully saturated rings. The summed E-state index contributed by atoms with van der Waals surface area (Å²) in [5, 5.41) is 3.17. The van der Waals surface area contributed by atoms with Crippen molar-refractivity contribution < 1.29 is 22.7 Å². The number of ether oxygens (including phenoxy) is 2. The predicted molar refractivity (Wildman–Crippen MR) is 119 cm³/mol. The molecule has 0 aliphatic carbocycles. The van der Waals surface area contributed by atoms with Crippen LogP contribution in [0.25, 0.3) is 0 Å². The van der Waals surface area contributed by atoms with E-state index in [1.807, 2.05) is 18.2 Å². The van der Waals surface area contributed by atoms with Crippen LogP contribution in [0.2, 0.25) is 5.02 Å². The topological polar surface area (TPSA) is 97.0 Å². The quantitative estimate of drug-likeness (QED) is 0.619. The van der Waals surface area contributed by atoms with E-state index in [2.05, 4.69) is 14.9 Å². The molecule has 1 amide bonds. The minimum atomic E-state index is -3.86. The lowest BCUT2D eigenvalue weighted by molar-refractivity contribution is -0.114. The highest BCUT2D eigenvalue weighted by Gasteiger charge is 2.27. The van der Waals surface area contributed by atoms with Crippen LogP contribution < -0.4 is 14.8 Å². The van der Waals surface area contributed by atoms with E-state index < -0.39 is 10.0 Å². The van der Waals surface area contributed by atoms with Crippen molar-refractivity contribution in [1.29, 1.82) is 0 Å². The van der Waals surface area contributed by atoms with E-state index in [0.29, 0.717) is 37.1 Å². The zero-order valence-corrected chi connectivity index (χ0v) is 19.0. The summed E-state index contributed by atoms with van der Waals surface area (Å²) >= 11 is 6.42. The Bertz CT molecular complexity index is 1030. The number of anilines is 1. The average Bonchev–Trinajstić information content (AvgIpc) is 2.75. The number of carbonyl (C=O) groups is 1. The third-order valence-corrected chi connectivity index (χ3v) is 6.77. The van der Waals surface area contributed by atoms with Gasteiger partial charge in [0.1, 0.15) is 5.75 Å². The van der Waals surface area contributed by atoms with Gasteiger partial charge < -0.3 is 14.8 Å². The van der Waals surface area contributed by atoms with Crippen LogP contribution in [0.15, 0.2) is 47.4 Å². The van der Waals surface area contributed by atoms with Crippen molar-refractivity contribution in [2.45, 2.75) is 17.9 Å². The van der Waals surface area contributed by atoms with Crippen molar-refractivity contribution in [2.75, 3.05) is 45.3 Å². The van der Waals surface area contributed by atoms with E-state index in [9.17, 15) is 13.2 Å². The number of rotatable bonds is 8. The minimum Gasteiger partial charge on any atom is -0.495 e. The molecule has 2 aromatic carbocycles. The van der Waals surface area contributed by atoms with Crippen molar-refractivity contribution in [3.05, 3.63) is 53.1 Å². The van der Waals surface area contributed by atoms with Gasteiger partial charge in [-0.05, 0) is 29.8 Å². The van der Waals surface area contributed by atoms with E-state index in [1.54, 1.807) is 6.07 Å². The number of hydrogen-bond donors (Lipinski definition) is 2. The molecule has 1 atom stereocenters. The normalized spacial score (nSPS) is 16.0. The molecule has 1 saturated heterocycles. The van der Waals surface area contributed by atoms with Gasteiger partial charge in [0.15, 0.2) is 0 Å². The smallest absolute Gasteiger partial charge is 0.240 e. The van der Waals surface area contributed by atoms with Crippen LogP contribution in [0, 0.1) is 0 Å². The zero-order valence-electron chi connectivity index (χ0n) is 17.4. The first-order valence-electron chi connectivity index (χ1n) is 9.83. The molecule has 2 aromatic rings. The van der Waals surface area contributed by atoms with Gasteiger partial charge in [-0.2, -0.15) is 0 Å². The van der Waals surface area contributed by atoms with E-state index >= 15 is 0 Å². The zero-order chi connectivity index (χ0) is 22.4. The summed E-state index contributed by atoms with van der Waals surface area (Å²) < 4.78 is 39.4. The number of methoxy groups -OCH3 is 1.